The minimum Gasteiger partial charge on any atom is -0.497 e. The lowest BCUT2D eigenvalue weighted by molar-refractivity contribution is 0.289. The predicted octanol–water partition coefficient (Wildman–Crippen LogP) is 1.30. The molecule has 0 spiro atoms. The van der Waals surface area contributed by atoms with E-state index in [0.29, 0.717) is 16.7 Å². The van der Waals surface area contributed by atoms with Crippen molar-refractivity contribution in [2.45, 2.75) is 11.8 Å². The Labute approximate surface area is 109 Å². The Morgan fingerprint density at radius 2 is 2.11 bits per heavy atom. The van der Waals surface area contributed by atoms with Crippen LogP contribution in [-0.2, 0) is 6.61 Å². The van der Waals surface area contributed by atoms with Gasteiger partial charge in [-0.25, -0.2) is 4.68 Å². The van der Waals surface area contributed by atoms with Gasteiger partial charge in [-0.05, 0) is 18.4 Å². The summed E-state index contributed by atoms with van der Waals surface area (Å²) in [4.78, 5) is 0. The molecular weight excluding hydrogens is 252 g/mol. The summed E-state index contributed by atoms with van der Waals surface area (Å²) < 4.78 is 12.1. The molecule has 0 bridgehead atoms. The van der Waals surface area contributed by atoms with Crippen LogP contribution in [0.4, 0.5) is 0 Å². The molecule has 6 nitrogen and oxygen atoms in total. The first-order valence-electron chi connectivity index (χ1n) is 5.25. The minimum atomic E-state index is 0.261. The lowest BCUT2D eigenvalue weighted by atomic mass is 10.3. The zero-order chi connectivity index (χ0) is 13.0. The number of hydrogen-bond donors (Lipinski definition) is 1. The normalized spacial score (nSPS) is 10.3. The first-order chi connectivity index (χ1) is 8.74. The van der Waals surface area contributed by atoms with Crippen molar-refractivity contribution in [1.82, 2.24) is 14.9 Å². The van der Waals surface area contributed by atoms with Crippen molar-refractivity contribution >= 4 is 11.8 Å². The molecule has 2 N–H and O–H groups in total. The standard InChI is InChI=1S/C11H14N4O2S/c1-16-8-4-3-5-9(6-8)17-7-10-13-14-11(18-2)15(10)12/h3-6H,7,12H2,1-2H3. The van der Waals surface area contributed by atoms with Gasteiger partial charge in [0.05, 0.1) is 7.11 Å². The van der Waals surface area contributed by atoms with Crippen molar-refractivity contribution in [1.29, 1.82) is 0 Å². The number of methoxy groups -OCH3 is 1. The predicted molar refractivity (Wildman–Crippen MR) is 69.3 cm³/mol. The van der Waals surface area contributed by atoms with Gasteiger partial charge in [-0.3, -0.25) is 0 Å². The molecule has 7 heteroatoms. The van der Waals surface area contributed by atoms with Crippen molar-refractivity contribution in [2.75, 3.05) is 19.2 Å². The molecule has 1 heterocycles. The number of rotatable bonds is 5. The third kappa shape index (κ3) is 2.67. The van der Waals surface area contributed by atoms with E-state index in [4.69, 9.17) is 15.3 Å². The fourth-order valence-corrected chi connectivity index (χ4v) is 1.81. The Morgan fingerprint density at radius 1 is 1.33 bits per heavy atom. The molecule has 0 saturated carbocycles. The molecule has 1 aromatic carbocycles. The lowest BCUT2D eigenvalue weighted by Crippen LogP contribution is -2.15. The second-order valence-electron chi connectivity index (χ2n) is 3.44. The van der Waals surface area contributed by atoms with Crippen LogP contribution in [0.25, 0.3) is 0 Å². The monoisotopic (exact) mass is 266 g/mol. The van der Waals surface area contributed by atoms with Gasteiger partial charge in [-0.15, -0.1) is 10.2 Å². The van der Waals surface area contributed by atoms with Crippen LogP contribution in [0.5, 0.6) is 11.5 Å². The molecule has 0 aliphatic carbocycles. The summed E-state index contributed by atoms with van der Waals surface area (Å²) in [7, 11) is 1.61. The summed E-state index contributed by atoms with van der Waals surface area (Å²) in [6.07, 6.45) is 1.89. The van der Waals surface area contributed by atoms with Crippen LogP contribution in [0.3, 0.4) is 0 Å². The van der Waals surface area contributed by atoms with E-state index in [0.717, 1.165) is 5.75 Å². The van der Waals surface area contributed by atoms with Gasteiger partial charge in [0.1, 0.15) is 18.1 Å². The summed E-state index contributed by atoms with van der Waals surface area (Å²) in [6, 6.07) is 7.35. The SMILES string of the molecule is COc1cccc(OCc2nnc(SC)n2N)c1. The highest BCUT2D eigenvalue weighted by Gasteiger charge is 2.09. The second kappa shape index (κ2) is 5.63. The largest absolute Gasteiger partial charge is 0.497 e. The number of nitrogens with zero attached hydrogens (tertiary/aromatic N) is 3. The van der Waals surface area contributed by atoms with Gasteiger partial charge >= 0.3 is 0 Å². The molecule has 1 aromatic heterocycles. The number of benzene rings is 1. The Kier molecular flexibility index (Phi) is 3.93. The van der Waals surface area contributed by atoms with E-state index in [1.165, 1.54) is 16.4 Å². The van der Waals surface area contributed by atoms with E-state index < -0.39 is 0 Å². The number of nitrogens with two attached hydrogens (primary N) is 1. The summed E-state index contributed by atoms with van der Waals surface area (Å²) in [5, 5.41) is 8.53. The summed E-state index contributed by atoms with van der Waals surface area (Å²) in [5.74, 6) is 7.81. The highest BCUT2D eigenvalue weighted by Crippen LogP contribution is 2.20. The summed E-state index contributed by atoms with van der Waals surface area (Å²) in [6.45, 7) is 0.261. The maximum Gasteiger partial charge on any atom is 0.209 e. The third-order valence-electron chi connectivity index (χ3n) is 2.33. The first kappa shape index (κ1) is 12.6. The van der Waals surface area contributed by atoms with Crippen LogP contribution in [0, 0.1) is 0 Å². The fraction of sp³-hybridized carbons (Fsp3) is 0.273. The van der Waals surface area contributed by atoms with Crippen molar-refractivity contribution in [2.24, 2.45) is 0 Å². The lowest BCUT2D eigenvalue weighted by Gasteiger charge is -2.07. The van der Waals surface area contributed by atoms with Gasteiger partial charge in [0, 0.05) is 6.07 Å². The molecule has 0 unspecified atom stereocenters. The molecule has 0 fully saturated rings. The van der Waals surface area contributed by atoms with Gasteiger partial charge in [0.15, 0.2) is 5.82 Å². The molecule has 2 aromatic rings. The molecule has 18 heavy (non-hydrogen) atoms. The first-order valence-corrected chi connectivity index (χ1v) is 6.47. The molecule has 0 amide bonds. The minimum absolute atomic E-state index is 0.261. The van der Waals surface area contributed by atoms with Crippen LogP contribution < -0.4 is 15.3 Å². The molecule has 0 aliphatic heterocycles. The Balaban J connectivity index is 2.04. The van der Waals surface area contributed by atoms with E-state index in [-0.39, 0.29) is 6.61 Å². The molecular formula is C11H14N4O2S. The summed E-state index contributed by atoms with van der Waals surface area (Å²) in [5.41, 5.74) is 0. The third-order valence-corrected chi connectivity index (χ3v) is 2.97. The molecule has 0 atom stereocenters. The number of hydrogen-bond acceptors (Lipinski definition) is 6. The van der Waals surface area contributed by atoms with Gasteiger partial charge in [0.25, 0.3) is 0 Å². The number of ether oxygens (including phenoxy) is 2. The molecule has 96 valence electrons. The second-order valence-corrected chi connectivity index (χ2v) is 4.21. The van der Waals surface area contributed by atoms with E-state index >= 15 is 0 Å². The quantitative estimate of drug-likeness (QED) is 0.649. The van der Waals surface area contributed by atoms with Gasteiger partial charge in [-0.1, -0.05) is 17.8 Å². The maximum atomic E-state index is 5.80. The molecule has 2 rings (SSSR count). The average molecular weight is 266 g/mol. The van der Waals surface area contributed by atoms with Gasteiger partial charge < -0.3 is 15.3 Å². The Hall–Kier alpha value is -1.89. The van der Waals surface area contributed by atoms with Crippen molar-refractivity contribution in [3.63, 3.8) is 0 Å². The zero-order valence-electron chi connectivity index (χ0n) is 10.2. The molecule has 0 radical (unpaired) electrons. The van der Waals surface area contributed by atoms with Crippen LogP contribution >= 0.6 is 11.8 Å². The van der Waals surface area contributed by atoms with E-state index in [9.17, 15) is 0 Å². The van der Waals surface area contributed by atoms with Crippen LogP contribution in [-0.4, -0.2) is 28.2 Å². The van der Waals surface area contributed by atoms with Crippen molar-refractivity contribution in [3.05, 3.63) is 30.1 Å². The smallest absolute Gasteiger partial charge is 0.209 e. The van der Waals surface area contributed by atoms with Crippen LogP contribution in [0.15, 0.2) is 29.4 Å². The zero-order valence-corrected chi connectivity index (χ0v) is 11.0. The highest BCUT2D eigenvalue weighted by atomic mass is 32.2. The summed E-state index contributed by atoms with van der Waals surface area (Å²) >= 11 is 1.43. The average Bonchev–Trinajstić information content (AvgIpc) is 2.77. The molecule has 0 saturated heterocycles. The van der Waals surface area contributed by atoms with Gasteiger partial charge in [0.2, 0.25) is 5.16 Å². The van der Waals surface area contributed by atoms with Gasteiger partial charge in [-0.2, -0.15) is 0 Å². The van der Waals surface area contributed by atoms with E-state index in [2.05, 4.69) is 10.2 Å². The van der Waals surface area contributed by atoms with Crippen LogP contribution in [0.1, 0.15) is 5.82 Å². The van der Waals surface area contributed by atoms with Crippen molar-refractivity contribution < 1.29 is 9.47 Å². The maximum absolute atomic E-state index is 5.80. The number of nitrogen functional groups attached to an aromatic ring is 1. The number of thioether (sulfide) groups is 1. The Morgan fingerprint density at radius 3 is 2.78 bits per heavy atom. The fourth-order valence-electron chi connectivity index (χ4n) is 1.38. The highest BCUT2D eigenvalue weighted by molar-refractivity contribution is 7.98. The van der Waals surface area contributed by atoms with Crippen molar-refractivity contribution in [3.8, 4) is 11.5 Å². The Bertz CT molecular complexity index is 530. The van der Waals surface area contributed by atoms with E-state index in [1.54, 1.807) is 13.2 Å². The van der Waals surface area contributed by atoms with E-state index in [1.807, 2.05) is 24.5 Å². The topological polar surface area (TPSA) is 75.2 Å². The number of aromatic nitrogens is 3. The molecule has 0 aliphatic rings. The van der Waals surface area contributed by atoms with Crippen LogP contribution in [0.2, 0.25) is 0 Å².